The van der Waals surface area contributed by atoms with E-state index in [1.54, 1.807) is 6.92 Å². The van der Waals surface area contributed by atoms with Crippen LogP contribution < -0.4 is 13.8 Å². The van der Waals surface area contributed by atoms with Crippen molar-refractivity contribution in [1.82, 2.24) is 0 Å². The number of ether oxygens (including phenoxy) is 3. The second-order valence-electron chi connectivity index (χ2n) is 6.06. The van der Waals surface area contributed by atoms with Crippen LogP contribution in [0.25, 0.3) is 0 Å². The molecule has 11 heteroatoms. The zero-order valence-electron chi connectivity index (χ0n) is 16.9. The minimum absolute atomic E-state index is 0.0530. The smallest absolute Gasteiger partial charge is 0.326 e. The average molecular weight is 438 g/mol. The fraction of sp³-hybridized carbons (Fsp3) is 0.316. The van der Waals surface area contributed by atoms with Crippen molar-refractivity contribution in [3.8, 4) is 11.5 Å². The summed E-state index contributed by atoms with van der Waals surface area (Å²) in [6.07, 6.45) is 0. The number of hydrogen-bond donors (Lipinski definition) is 0. The lowest BCUT2D eigenvalue weighted by atomic mass is 10.2. The number of nitrogens with zero attached hydrogens (tertiary/aromatic N) is 2. The third kappa shape index (κ3) is 4.79. The van der Waals surface area contributed by atoms with Crippen LogP contribution in [0.3, 0.4) is 0 Å². The second-order valence-corrected chi connectivity index (χ2v) is 7.89. The number of nitro benzene ring substituents is 1. The number of hydrogen-bond acceptors (Lipinski definition) is 8. The molecule has 0 heterocycles. The first-order chi connectivity index (χ1) is 14.1. The minimum Gasteiger partial charge on any atom is -0.497 e. The lowest BCUT2D eigenvalue weighted by molar-refractivity contribution is -0.385. The Hall–Kier alpha value is -3.34. The number of non-ortho nitro benzene ring substituents is 1. The van der Waals surface area contributed by atoms with Crippen molar-refractivity contribution in [3.63, 3.8) is 0 Å². The van der Waals surface area contributed by atoms with Crippen molar-refractivity contribution in [1.29, 1.82) is 0 Å². The Morgan fingerprint density at radius 3 is 2.40 bits per heavy atom. The van der Waals surface area contributed by atoms with E-state index in [2.05, 4.69) is 0 Å². The molecule has 162 valence electrons. The number of rotatable bonds is 9. The van der Waals surface area contributed by atoms with Crippen LogP contribution in [0.2, 0.25) is 0 Å². The zero-order valence-corrected chi connectivity index (χ0v) is 17.8. The van der Waals surface area contributed by atoms with E-state index in [1.807, 2.05) is 0 Å². The van der Waals surface area contributed by atoms with Gasteiger partial charge in [0.1, 0.15) is 18.0 Å². The van der Waals surface area contributed by atoms with Crippen LogP contribution in [-0.2, 0) is 19.6 Å². The summed E-state index contributed by atoms with van der Waals surface area (Å²) in [4.78, 5) is 22.3. The van der Waals surface area contributed by atoms with E-state index in [0.29, 0.717) is 5.75 Å². The first-order valence-corrected chi connectivity index (χ1v) is 10.2. The van der Waals surface area contributed by atoms with E-state index in [-0.39, 0.29) is 28.5 Å². The molecular formula is C19H22N2O8S. The molecule has 2 aromatic rings. The number of aryl methyl sites for hydroxylation is 1. The average Bonchev–Trinajstić information content (AvgIpc) is 2.71. The van der Waals surface area contributed by atoms with Crippen molar-refractivity contribution in [2.45, 2.75) is 18.7 Å². The van der Waals surface area contributed by atoms with Gasteiger partial charge in [-0.2, -0.15) is 0 Å². The predicted molar refractivity (Wildman–Crippen MR) is 109 cm³/mol. The number of esters is 1. The van der Waals surface area contributed by atoms with Crippen LogP contribution in [-0.4, -0.2) is 46.7 Å². The molecule has 0 aliphatic heterocycles. The van der Waals surface area contributed by atoms with Crippen LogP contribution in [0, 0.1) is 17.0 Å². The molecule has 0 atom stereocenters. The molecule has 0 aromatic heterocycles. The number of carbonyl (C=O) groups excluding carboxylic acids is 1. The molecule has 0 aliphatic rings. The van der Waals surface area contributed by atoms with E-state index in [1.165, 1.54) is 51.5 Å². The van der Waals surface area contributed by atoms with Crippen LogP contribution in [0.4, 0.5) is 11.4 Å². The largest absolute Gasteiger partial charge is 0.497 e. The summed E-state index contributed by atoms with van der Waals surface area (Å²) in [6.45, 7) is 2.50. The quantitative estimate of drug-likeness (QED) is 0.332. The van der Waals surface area contributed by atoms with Crippen molar-refractivity contribution in [2.24, 2.45) is 0 Å². The molecule has 0 radical (unpaired) electrons. The molecule has 2 aromatic carbocycles. The Kier molecular flexibility index (Phi) is 7.22. The molecule has 0 aliphatic carbocycles. The monoisotopic (exact) mass is 438 g/mol. The highest BCUT2D eigenvalue weighted by Gasteiger charge is 2.32. The summed E-state index contributed by atoms with van der Waals surface area (Å²) in [5.41, 5.74) is -0.0591. The van der Waals surface area contributed by atoms with Gasteiger partial charge < -0.3 is 14.2 Å². The Bertz CT molecular complexity index is 1050. The van der Waals surface area contributed by atoms with Crippen molar-refractivity contribution in [3.05, 3.63) is 52.1 Å². The predicted octanol–water partition coefficient (Wildman–Crippen LogP) is 2.68. The lowest BCUT2D eigenvalue weighted by Crippen LogP contribution is -2.37. The molecule has 0 amide bonds. The maximum Gasteiger partial charge on any atom is 0.326 e. The molecule has 0 N–H and O–H groups in total. The van der Waals surface area contributed by atoms with Crippen LogP contribution >= 0.6 is 0 Å². The molecule has 0 saturated heterocycles. The highest BCUT2D eigenvalue weighted by molar-refractivity contribution is 7.93. The van der Waals surface area contributed by atoms with Gasteiger partial charge in [-0.3, -0.25) is 19.2 Å². The molecule has 10 nitrogen and oxygen atoms in total. The summed E-state index contributed by atoms with van der Waals surface area (Å²) in [5.74, 6) is -0.247. The first kappa shape index (κ1) is 22.9. The third-order valence-electron chi connectivity index (χ3n) is 4.18. The van der Waals surface area contributed by atoms with E-state index in [9.17, 15) is 23.3 Å². The number of nitro groups is 1. The Morgan fingerprint density at radius 1 is 1.13 bits per heavy atom. The number of methoxy groups -OCH3 is 2. The van der Waals surface area contributed by atoms with E-state index >= 15 is 0 Å². The highest BCUT2D eigenvalue weighted by Crippen LogP contribution is 2.36. The maximum absolute atomic E-state index is 13.5. The summed E-state index contributed by atoms with van der Waals surface area (Å²) in [5, 5.41) is 11.2. The van der Waals surface area contributed by atoms with Gasteiger partial charge in [-0.05, 0) is 31.5 Å². The number of sulfonamides is 1. The van der Waals surface area contributed by atoms with Gasteiger partial charge in [0.05, 0.1) is 36.3 Å². The fourth-order valence-electron chi connectivity index (χ4n) is 2.71. The molecular weight excluding hydrogens is 416 g/mol. The van der Waals surface area contributed by atoms with E-state index in [4.69, 9.17) is 14.2 Å². The molecule has 0 fully saturated rings. The molecule has 0 unspecified atom stereocenters. The van der Waals surface area contributed by atoms with E-state index < -0.39 is 33.1 Å². The normalized spacial score (nSPS) is 10.9. The van der Waals surface area contributed by atoms with Crippen molar-refractivity contribution < 1.29 is 32.3 Å². The van der Waals surface area contributed by atoms with Crippen LogP contribution in [0.5, 0.6) is 11.5 Å². The topological polar surface area (TPSA) is 125 Å². The summed E-state index contributed by atoms with van der Waals surface area (Å²) in [6, 6.07) is 7.88. The summed E-state index contributed by atoms with van der Waals surface area (Å²) in [7, 11) is -1.62. The second kappa shape index (κ2) is 9.44. The Balaban J connectivity index is 2.70. The molecule has 2 rings (SSSR count). The molecule has 30 heavy (non-hydrogen) atoms. The van der Waals surface area contributed by atoms with Gasteiger partial charge in [0, 0.05) is 18.2 Å². The van der Waals surface area contributed by atoms with Crippen molar-refractivity contribution in [2.75, 3.05) is 31.7 Å². The zero-order chi connectivity index (χ0) is 22.5. The van der Waals surface area contributed by atoms with Gasteiger partial charge >= 0.3 is 5.97 Å². The minimum atomic E-state index is -4.40. The first-order valence-electron chi connectivity index (χ1n) is 8.81. The van der Waals surface area contributed by atoms with Gasteiger partial charge in [-0.1, -0.05) is 6.07 Å². The number of anilines is 1. The van der Waals surface area contributed by atoms with E-state index in [0.717, 1.165) is 10.4 Å². The standard InChI is InChI=1S/C19H22N2O8S/c1-5-29-19(22)12-20(16-9-8-15(27-3)11-17(16)28-4)30(25,26)18-10-14(21(23)24)7-6-13(18)2/h6-11H,5,12H2,1-4H3. The van der Waals surface area contributed by atoms with Crippen LogP contribution in [0.1, 0.15) is 12.5 Å². The van der Waals surface area contributed by atoms with Gasteiger partial charge in [-0.25, -0.2) is 8.42 Å². The van der Waals surface area contributed by atoms with Gasteiger partial charge in [0.2, 0.25) is 0 Å². The molecule has 0 bridgehead atoms. The molecule has 0 saturated carbocycles. The maximum atomic E-state index is 13.5. The molecule has 0 spiro atoms. The number of carbonyl (C=O) groups is 1. The summed E-state index contributed by atoms with van der Waals surface area (Å²) >= 11 is 0. The lowest BCUT2D eigenvalue weighted by Gasteiger charge is -2.26. The van der Waals surface area contributed by atoms with Crippen LogP contribution in [0.15, 0.2) is 41.3 Å². The number of benzene rings is 2. The fourth-order valence-corrected chi connectivity index (χ4v) is 4.38. The summed E-state index contributed by atoms with van der Waals surface area (Å²) < 4.78 is 43.1. The van der Waals surface area contributed by atoms with Crippen molar-refractivity contribution >= 4 is 27.4 Å². The van der Waals surface area contributed by atoms with Gasteiger partial charge in [0.15, 0.2) is 0 Å². The van der Waals surface area contributed by atoms with Gasteiger partial charge in [0.25, 0.3) is 15.7 Å². The highest BCUT2D eigenvalue weighted by atomic mass is 32.2. The Labute approximate surface area is 174 Å². The SMILES string of the molecule is CCOC(=O)CN(c1ccc(OC)cc1OC)S(=O)(=O)c1cc([N+](=O)[O-])ccc1C. The Morgan fingerprint density at radius 2 is 1.83 bits per heavy atom. The third-order valence-corrected chi connectivity index (χ3v) is 6.09. The van der Waals surface area contributed by atoms with Gasteiger partial charge in [-0.15, -0.1) is 0 Å².